The number of halogens is 1. The fraction of sp³-hybridized carbons (Fsp3) is 0.235. The van der Waals surface area contributed by atoms with Crippen LogP contribution in [0.2, 0.25) is 5.02 Å². The van der Waals surface area contributed by atoms with E-state index in [4.69, 9.17) is 16.3 Å². The van der Waals surface area contributed by atoms with E-state index in [1.807, 2.05) is 6.92 Å². The van der Waals surface area contributed by atoms with Gasteiger partial charge in [0.15, 0.2) is 6.10 Å². The topological polar surface area (TPSA) is 75.7 Å². The van der Waals surface area contributed by atoms with Crippen LogP contribution in [0.25, 0.3) is 0 Å². The number of amides is 1. The van der Waals surface area contributed by atoms with Crippen LogP contribution in [0, 0.1) is 6.92 Å². The standard InChI is InChI=1S/C17H17ClN2O4S/c1-11-6-7-15-14(8-11)20(25(2,22)23)10-16(24-15)17(21)19-13-5-3-4-12(18)9-13/h3-9,16H,10H2,1-2H3,(H,19,21)/t16-/m1/s1. The maximum absolute atomic E-state index is 12.5. The molecule has 3 rings (SSSR count). The molecule has 0 fully saturated rings. The highest BCUT2D eigenvalue weighted by atomic mass is 35.5. The first kappa shape index (κ1) is 17.6. The Labute approximate surface area is 151 Å². The molecule has 132 valence electrons. The van der Waals surface area contributed by atoms with Crippen LogP contribution in [0.3, 0.4) is 0 Å². The summed E-state index contributed by atoms with van der Waals surface area (Å²) in [5, 5.41) is 3.18. The van der Waals surface area contributed by atoms with Gasteiger partial charge in [0.05, 0.1) is 18.5 Å². The van der Waals surface area contributed by atoms with Crippen molar-refractivity contribution in [1.29, 1.82) is 0 Å². The van der Waals surface area contributed by atoms with Crippen LogP contribution in [0.1, 0.15) is 5.56 Å². The molecule has 0 spiro atoms. The number of nitrogens with one attached hydrogen (secondary N) is 1. The number of nitrogens with zero attached hydrogens (tertiary/aromatic N) is 1. The molecule has 0 radical (unpaired) electrons. The molecular formula is C17H17ClN2O4S. The molecule has 8 heteroatoms. The summed E-state index contributed by atoms with van der Waals surface area (Å²) in [6.07, 6.45) is 0.139. The Morgan fingerprint density at radius 1 is 1.28 bits per heavy atom. The molecule has 1 aliphatic heterocycles. The Morgan fingerprint density at radius 3 is 2.72 bits per heavy atom. The highest BCUT2D eigenvalue weighted by Gasteiger charge is 2.35. The minimum atomic E-state index is -3.55. The first-order chi connectivity index (χ1) is 11.7. The Kier molecular flexibility index (Phi) is 4.62. The fourth-order valence-electron chi connectivity index (χ4n) is 2.60. The van der Waals surface area contributed by atoms with Crippen molar-refractivity contribution in [1.82, 2.24) is 0 Å². The lowest BCUT2D eigenvalue weighted by Gasteiger charge is -2.34. The molecule has 0 aromatic heterocycles. The third kappa shape index (κ3) is 3.88. The molecule has 0 bridgehead atoms. The summed E-state index contributed by atoms with van der Waals surface area (Å²) in [7, 11) is -3.55. The molecule has 0 saturated carbocycles. The molecule has 6 nitrogen and oxygen atoms in total. The summed E-state index contributed by atoms with van der Waals surface area (Å²) in [6, 6.07) is 11.9. The SMILES string of the molecule is Cc1ccc2c(c1)N(S(C)(=O)=O)C[C@H](C(=O)Nc1cccc(Cl)c1)O2. The summed E-state index contributed by atoms with van der Waals surface area (Å²) < 4.78 is 31.2. The number of benzene rings is 2. The number of ether oxygens (including phenoxy) is 1. The highest BCUT2D eigenvalue weighted by Crippen LogP contribution is 2.36. The normalized spacial score (nSPS) is 16.8. The summed E-state index contributed by atoms with van der Waals surface area (Å²) in [5.74, 6) is -0.0874. The second kappa shape index (κ2) is 6.57. The quantitative estimate of drug-likeness (QED) is 0.888. The Hall–Kier alpha value is -2.25. The number of carbonyl (C=O) groups excluding carboxylic acids is 1. The molecule has 2 aromatic rings. The van der Waals surface area contributed by atoms with E-state index in [9.17, 15) is 13.2 Å². The summed E-state index contributed by atoms with van der Waals surface area (Å²) in [5.41, 5.74) is 1.86. The van der Waals surface area contributed by atoms with E-state index in [1.165, 1.54) is 4.31 Å². The van der Waals surface area contributed by atoms with Gasteiger partial charge >= 0.3 is 0 Å². The van der Waals surface area contributed by atoms with E-state index in [-0.39, 0.29) is 6.54 Å². The number of sulfonamides is 1. The zero-order chi connectivity index (χ0) is 18.2. The van der Waals surface area contributed by atoms with Crippen LogP contribution in [-0.4, -0.2) is 33.2 Å². The van der Waals surface area contributed by atoms with Crippen molar-refractivity contribution in [2.75, 3.05) is 22.4 Å². The van der Waals surface area contributed by atoms with Crippen LogP contribution in [0.4, 0.5) is 11.4 Å². The highest BCUT2D eigenvalue weighted by molar-refractivity contribution is 7.92. The third-order valence-corrected chi connectivity index (χ3v) is 5.15. The minimum absolute atomic E-state index is 0.0955. The number of rotatable bonds is 3. The smallest absolute Gasteiger partial charge is 0.267 e. The van der Waals surface area contributed by atoms with Crippen molar-refractivity contribution in [3.8, 4) is 5.75 Å². The number of anilines is 2. The number of fused-ring (bicyclic) bond motifs is 1. The van der Waals surface area contributed by atoms with E-state index in [0.29, 0.717) is 22.1 Å². The first-order valence-corrected chi connectivity index (χ1v) is 9.78. The average molecular weight is 381 g/mol. The maximum Gasteiger partial charge on any atom is 0.267 e. The Bertz CT molecular complexity index is 930. The number of carbonyl (C=O) groups is 1. The summed E-state index contributed by atoms with van der Waals surface area (Å²) >= 11 is 5.91. The molecule has 0 aliphatic carbocycles. The molecule has 0 saturated heterocycles. The Balaban J connectivity index is 1.89. The van der Waals surface area contributed by atoms with Gasteiger partial charge in [-0.1, -0.05) is 23.7 Å². The van der Waals surface area contributed by atoms with E-state index < -0.39 is 22.0 Å². The fourth-order valence-corrected chi connectivity index (χ4v) is 3.70. The molecule has 0 unspecified atom stereocenters. The van der Waals surface area contributed by atoms with E-state index >= 15 is 0 Å². The average Bonchev–Trinajstić information content (AvgIpc) is 2.52. The summed E-state index contributed by atoms with van der Waals surface area (Å²) in [4.78, 5) is 12.5. The zero-order valence-electron chi connectivity index (χ0n) is 13.7. The molecule has 1 amide bonds. The second-order valence-corrected chi connectivity index (χ2v) is 8.21. The lowest BCUT2D eigenvalue weighted by molar-refractivity contribution is -0.122. The van der Waals surface area contributed by atoms with Gasteiger partial charge in [0.25, 0.3) is 5.91 Å². The molecule has 25 heavy (non-hydrogen) atoms. The largest absolute Gasteiger partial charge is 0.476 e. The lowest BCUT2D eigenvalue weighted by Crippen LogP contribution is -2.48. The molecular weight excluding hydrogens is 364 g/mol. The van der Waals surface area contributed by atoms with Crippen LogP contribution in [0.15, 0.2) is 42.5 Å². The summed E-state index contributed by atoms with van der Waals surface area (Å²) in [6.45, 7) is 1.76. The van der Waals surface area contributed by atoms with Crippen molar-refractivity contribution in [3.05, 3.63) is 53.1 Å². The maximum atomic E-state index is 12.5. The molecule has 1 atom stereocenters. The van der Waals surface area contributed by atoms with Gasteiger partial charge in [0, 0.05) is 10.7 Å². The first-order valence-electron chi connectivity index (χ1n) is 7.55. The minimum Gasteiger partial charge on any atom is -0.476 e. The van der Waals surface area contributed by atoms with E-state index in [1.54, 1.807) is 42.5 Å². The van der Waals surface area contributed by atoms with Gasteiger partial charge in [0.2, 0.25) is 10.0 Å². The molecule has 1 aliphatic rings. The van der Waals surface area contributed by atoms with Gasteiger partial charge < -0.3 is 10.1 Å². The third-order valence-electron chi connectivity index (χ3n) is 3.77. The van der Waals surface area contributed by atoms with Crippen LogP contribution >= 0.6 is 11.6 Å². The second-order valence-electron chi connectivity index (χ2n) is 5.87. The molecule has 1 N–H and O–H groups in total. The predicted octanol–water partition coefficient (Wildman–Crippen LogP) is 2.81. The number of hydrogen-bond acceptors (Lipinski definition) is 4. The molecule has 1 heterocycles. The van der Waals surface area contributed by atoms with Crippen LogP contribution in [-0.2, 0) is 14.8 Å². The van der Waals surface area contributed by atoms with E-state index in [0.717, 1.165) is 11.8 Å². The van der Waals surface area contributed by atoms with E-state index in [2.05, 4.69) is 5.32 Å². The van der Waals surface area contributed by atoms with Crippen molar-refractivity contribution in [3.63, 3.8) is 0 Å². The van der Waals surface area contributed by atoms with Gasteiger partial charge in [-0.3, -0.25) is 9.10 Å². The monoisotopic (exact) mass is 380 g/mol. The predicted molar refractivity (Wildman–Crippen MR) is 97.9 cm³/mol. The van der Waals surface area contributed by atoms with Gasteiger partial charge in [-0.25, -0.2) is 8.42 Å². The lowest BCUT2D eigenvalue weighted by atomic mass is 10.1. The van der Waals surface area contributed by atoms with Crippen molar-refractivity contribution >= 4 is 38.9 Å². The van der Waals surface area contributed by atoms with Gasteiger partial charge in [-0.2, -0.15) is 0 Å². The number of aryl methyl sites for hydroxylation is 1. The van der Waals surface area contributed by atoms with Gasteiger partial charge in [-0.15, -0.1) is 0 Å². The van der Waals surface area contributed by atoms with Gasteiger partial charge in [-0.05, 0) is 42.8 Å². The zero-order valence-corrected chi connectivity index (χ0v) is 15.3. The molecule has 2 aromatic carbocycles. The van der Waals surface area contributed by atoms with Crippen molar-refractivity contribution in [2.24, 2.45) is 0 Å². The Morgan fingerprint density at radius 2 is 2.04 bits per heavy atom. The van der Waals surface area contributed by atoms with Crippen molar-refractivity contribution < 1.29 is 17.9 Å². The van der Waals surface area contributed by atoms with Gasteiger partial charge in [0.1, 0.15) is 5.75 Å². The number of hydrogen-bond donors (Lipinski definition) is 1. The van der Waals surface area contributed by atoms with Crippen LogP contribution < -0.4 is 14.4 Å². The van der Waals surface area contributed by atoms with Crippen LogP contribution in [0.5, 0.6) is 5.75 Å². The van der Waals surface area contributed by atoms with Crippen molar-refractivity contribution in [2.45, 2.75) is 13.0 Å².